The SMILES string of the molecule is CCC(CC)(OC)c1nc(COC)cc(=O)[nH]1. The number of aromatic nitrogens is 2. The van der Waals surface area contributed by atoms with Crippen molar-refractivity contribution in [1.82, 2.24) is 9.97 Å². The van der Waals surface area contributed by atoms with Crippen LogP contribution in [-0.2, 0) is 21.7 Å². The number of methoxy groups -OCH3 is 2. The van der Waals surface area contributed by atoms with E-state index in [1.54, 1.807) is 14.2 Å². The number of nitrogens with one attached hydrogen (secondary N) is 1. The summed E-state index contributed by atoms with van der Waals surface area (Å²) in [5.74, 6) is 0.574. The van der Waals surface area contributed by atoms with E-state index in [4.69, 9.17) is 9.47 Å². The minimum atomic E-state index is -0.525. The lowest BCUT2D eigenvalue weighted by atomic mass is 9.96. The van der Waals surface area contributed by atoms with Crippen LogP contribution >= 0.6 is 0 Å². The maximum Gasteiger partial charge on any atom is 0.251 e. The maximum atomic E-state index is 11.6. The van der Waals surface area contributed by atoms with Crippen LogP contribution in [0.5, 0.6) is 0 Å². The van der Waals surface area contributed by atoms with E-state index in [0.717, 1.165) is 12.8 Å². The number of hydrogen-bond donors (Lipinski definition) is 1. The van der Waals surface area contributed by atoms with Gasteiger partial charge in [0.1, 0.15) is 11.4 Å². The molecule has 0 atom stereocenters. The first-order chi connectivity index (χ1) is 8.11. The van der Waals surface area contributed by atoms with Crippen LogP contribution in [-0.4, -0.2) is 24.2 Å². The highest BCUT2D eigenvalue weighted by Crippen LogP contribution is 2.29. The van der Waals surface area contributed by atoms with Crippen molar-refractivity contribution in [2.75, 3.05) is 14.2 Å². The summed E-state index contributed by atoms with van der Waals surface area (Å²) in [7, 11) is 3.21. The standard InChI is InChI=1S/C12H20N2O3/c1-5-12(6-2,17-4)11-13-9(8-16-3)7-10(15)14-11/h7H,5-6,8H2,1-4H3,(H,13,14,15). The van der Waals surface area contributed by atoms with E-state index in [9.17, 15) is 4.79 Å². The van der Waals surface area contributed by atoms with Gasteiger partial charge >= 0.3 is 0 Å². The second-order valence-electron chi connectivity index (χ2n) is 3.92. The Morgan fingerprint density at radius 3 is 2.47 bits per heavy atom. The summed E-state index contributed by atoms with van der Waals surface area (Å²) in [6, 6.07) is 1.44. The normalized spacial score (nSPS) is 11.8. The van der Waals surface area contributed by atoms with Crippen molar-refractivity contribution < 1.29 is 9.47 Å². The highest BCUT2D eigenvalue weighted by Gasteiger charge is 2.31. The van der Waals surface area contributed by atoms with Crippen molar-refractivity contribution in [3.63, 3.8) is 0 Å². The molecule has 1 heterocycles. The third-order valence-electron chi connectivity index (χ3n) is 3.05. The van der Waals surface area contributed by atoms with E-state index in [0.29, 0.717) is 18.1 Å². The predicted octanol–water partition coefficient (Wildman–Crippen LogP) is 1.58. The number of aromatic amines is 1. The monoisotopic (exact) mass is 240 g/mol. The van der Waals surface area contributed by atoms with Crippen LogP contribution in [0.25, 0.3) is 0 Å². The molecule has 0 bridgehead atoms. The van der Waals surface area contributed by atoms with E-state index in [-0.39, 0.29) is 5.56 Å². The molecule has 0 radical (unpaired) electrons. The first-order valence-corrected chi connectivity index (χ1v) is 5.76. The molecule has 5 nitrogen and oxygen atoms in total. The molecule has 0 aliphatic heterocycles. The predicted molar refractivity (Wildman–Crippen MR) is 64.8 cm³/mol. The van der Waals surface area contributed by atoms with Crippen LogP contribution < -0.4 is 5.56 Å². The Kier molecular flexibility index (Phi) is 4.84. The van der Waals surface area contributed by atoms with Crippen molar-refractivity contribution >= 4 is 0 Å². The number of rotatable bonds is 6. The summed E-state index contributed by atoms with van der Waals surface area (Å²) in [5, 5.41) is 0. The van der Waals surface area contributed by atoms with Crippen molar-refractivity contribution in [3.05, 3.63) is 27.9 Å². The zero-order valence-electron chi connectivity index (χ0n) is 10.9. The molecule has 1 N–H and O–H groups in total. The lowest BCUT2D eigenvalue weighted by Crippen LogP contribution is -2.32. The van der Waals surface area contributed by atoms with Gasteiger partial charge < -0.3 is 14.5 Å². The molecule has 1 aromatic rings. The first-order valence-electron chi connectivity index (χ1n) is 5.76. The molecule has 0 aliphatic rings. The molecule has 0 aliphatic carbocycles. The summed E-state index contributed by atoms with van der Waals surface area (Å²) >= 11 is 0. The molecular formula is C12H20N2O3. The van der Waals surface area contributed by atoms with E-state index < -0.39 is 5.60 Å². The molecule has 0 fully saturated rings. The van der Waals surface area contributed by atoms with Crippen molar-refractivity contribution in [2.24, 2.45) is 0 Å². The summed E-state index contributed by atoms with van der Waals surface area (Å²) < 4.78 is 10.5. The largest absolute Gasteiger partial charge is 0.378 e. The molecule has 0 saturated carbocycles. The zero-order chi connectivity index (χ0) is 12.9. The van der Waals surface area contributed by atoms with Gasteiger partial charge in [0, 0.05) is 20.3 Å². The van der Waals surface area contributed by atoms with E-state index in [2.05, 4.69) is 9.97 Å². The van der Waals surface area contributed by atoms with E-state index in [1.807, 2.05) is 13.8 Å². The molecule has 0 saturated heterocycles. The van der Waals surface area contributed by atoms with Crippen LogP contribution in [0.1, 0.15) is 38.2 Å². The van der Waals surface area contributed by atoms with E-state index in [1.165, 1.54) is 6.07 Å². The zero-order valence-corrected chi connectivity index (χ0v) is 10.9. The molecule has 96 valence electrons. The summed E-state index contributed by atoms with van der Waals surface area (Å²) in [6.45, 7) is 4.34. The summed E-state index contributed by atoms with van der Waals surface area (Å²) in [6.07, 6.45) is 1.50. The highest BCUT2D eigenvalue weighted by atomic mass is 16.5. The molecule has 0 spiro atoms. The van der Waals surface area contributed by atoms with E-state index >= 15 is 0 Å². The average molecular weight is 240 g/mol. The van der Waals surface area contributed by atoms with Crippen molar-refractivity contribution in [1.29, 1.82) is 0 Å². The number of H-pyrrole nitrogens is 1. The lowest BCUT2D eigenvalue weighted by molar-refractivity contribution is -0.0297. The van der Waals surface area contributed by atoms with Crippen molar-refractivity contribution in [3.8, 4) is 0 Å². The fourth-order valence-electron chi connectivity index (χ4n) is 1.92. The van der Waals surface area contributed by atoms with Gasteiger partial charge in [-0.15, -0.1) is 0 Å². The van der Waals surface area contributed by atoms with Crippen LogP contribution in [0.2, 0.25) is 0 Å². The van der Waals surface area contributed by atoms with Gasteiger partial charge in [0.15, 0.2) is 0 Å². The molecule has 1 rings (SSSR count). The maximum absolute atomic E-state index is 11.6. The molecule has 5 heteroatoms. The highest BCUT2D eigenvalue weighted by molar-refractivity contribution is 5.08. The quantitative estimate of drug-likeness (QED) is 0.820. The second kappa shape index (κ2) is 5.93. The Morgan fingerprint density at radius 1 is 1.35 bits per heavy atom. The Morgan fingerprint density at radius 2 is 2.00 bits per heavy atom. The Bertz CT molecular complexity index is 402. The number of ether oxygens (including phenoxy) is 2. The Balaban J connectivity index is 3.24. The summed E-state index contributed by atoms with van der Waals surface area (Å²) in [5.41, 5.74) is -0.0805. The topological polar surface area (TPSA) is 64.2 Å². The van der Waals surface area contributed by atoms with Gasteiger partial charge in [0.2, 0.25) is 0 Å². The fourth-order valence-corrected chi connectivity index (χ4v) is 1.92. The molecule has 17 heavy (non-hydrogen) atoms. The molecule has 1 aromatic heterocycles. The smallest absolute Gasteiger partial charge is 0.251 e. The van der Waals surface area contributed by atoms with Crippen LogP contribution in [0.15, 0.2) is 10.9 Å². The average Bonchev–Trinajstić information content (AvgIpc) is 2.32. The number of nitrogens with zero attached hydrogens (tertiary/aromatic N) is 1. The van der Waals surface area contributed by atoms with Gasteiger partial charge in [0.05, 0.1) is 12.3 Å². The molecule has 0 aromatic carbocycles. The minimum Gasteiger partial charge on any atom is -0.378 e. The second-order valence-corrected chi connectivity index (χ2v) is 3.92. The Labute approximate surface area is 101 Å². The number of hydrogen-bond acceptors (Lipinski definition) is 4. The molecular weight excluding hydrogens is 220 g/mol. The van der Waals surface area contributed by atoms with Gasteiger partial charge in [-0.2, -0.15) is 0 Å². The van der Waals surface area contributed by atoms with Gasteiger partial charge in [-0.1, -0.05) is 13.8 Å². The van der Waals surface area contributed by atoms with Gasteiger partial charge in [-0.05, 0) is 12.8 Å². The third-order valence-corrected chi connectivity index (χ3v) is 3.05. The minimum absolute atomic E-state index is 0.176. The fraction of sp³-hybridized carbons (Fsp3) is 0.667. The lowest BCUT2D eigenvalue weighted by Gasteiger charge is -2.29. The Hall–Kier alpha value is -1.20. The van der Waals surface area contributed by atoms with Gasteiger partial charge in [-0.3, -0.25) is 4.79 Å². The van der Waals surface area contributed by atoms with Gasteiger partial charge in [0.25, 0.3) is 5.56 Å². The van der Waals surface area contributed by atoms with Crippen molar-refractivity contribution in [2.45, 2.75) is 38.9 Å². The van der Waals surface area contributed by atoms with Gasteiger partial charge in [-0.25, -0.2) is 4.98 Å². The van der Waals surface area contributed by atoms with Crippen LogP contribution in [0.4, 0.5) is 0 Å². The third kappa shape index (κ3) is 2.92. The molecule has 0 unspecified atom stereocenters. The van der Waals surface area contributed by atoms with Crippen LogP contribution in [0.3, 0.4) is 0 Å². The van der Waals surface area contributed by atoms with Crippen LogP contribution in [0, 0.1) is 0 Å². The first kappa shape index (κ1) is 13.9. The summed E-state index contributed by atoms with van der Waals surface area (Å²) in [4.78, 5) is 18.7. The molecule has 0 amide bonds.